The lowest BCUT2D eigenvalue weighted by Crippen LogP contribution is -1.96. The summed E-state index contributed by atoms with van der Waals surface area (Å²) in [4.78, 5) is 0. The smallest absolute Gasteiger partial charge is 0.123 e. The molecule has 92 valence electrons. The fraction of sp³-hybridized carbons (Fsp3) is 0.176. The molecule has 0 radical (unpaired) electrons. The Morgan fingerprint density at radius 3 is 2.44 bits per heavy atom. The zero-order valence-electron chi connectivity index (χ0n) is 10.9. The molecule has 0 atom stereocenters. The van der Waals surface area contributed by atoms with Crippen LogP contribution < -0.4 is 0 Å². The first-order valence-corrected chi connectivity index (χ1v) is 6.13. The van der Waals surface area contributed by atoms with Crippen LogP contribution in [-0.2, 0) is 6.42 Å². The van der Waals surface area contributed by atoms with Crippen molar-refractivity contribution in [3.8, 4) is 16.9 Å². The van der Waals surface area contributed by atoms with E-state index >= 15 is 0 Å². The molecule has 0 fully saturated rings. The summed E-state index contributed by atoms with van der Waals surface area (Å²) < 4.78 is 0. The second kappa shape index (κ2) is 5.09. The maximum Gasteiger partial charge on any atom is 0.123 e. The molecule has 0 saturated carbocycles. The molecule has 18 heavy (non-hydrogen) atoms. The van der Waals surface area contributed by atoms with E-state index in [1.54, 1.807) is 0 Å². The van der Waals surface area contributed by atoms with Gasteiger partial charge in [0.25, 0.3) is 0 Å². The molecule has 1 N–H and O–H groups in total. The zero-order valence-corrected chi connectivity index (χ0v) is 10.9. The van der Waals surface area contributed by atoms with Crippen LogP contribution in [0.5, 0.6) is 5.75 Å². The number of allylic oxidation sites excluding steroid dienone is 1. The van der Waals surface area contributed by atoms with E-state index < -0.39 is 0 Å². The maximum atomic E-state index is 10.2. The Labute approximate surface area is 108 Å². The molecule has 0 saturated heterocycles. The molecule has 1 nitrogen and oxygen atoms in total. The number of aryl methyl sites for hydroxylation is 1. The van der Waals surface area contributed by atoms with Gasteiger partial charge in [0.2, 0.25) is 0 Å². The van der Waals surface area contributed by atoms with Crippen LogP contribution in [0.3, 0.4) is 0 Å². The lowest BCUT2D eigenvalue weighted by atomic mass is 9.90. The zero-order chi connectivity index (χ0) is 13.1. The lowest BCUT2D eigenvalue weighted by molar-refractivity contribution is 0.476. The first-order valence-electron chi connectivity index (χ1n) is 6.13. The van der Waals surface area contributed by atoms with Crippen molar-refractivity contribution >= 4 is 0 Å². The molecule has 0 aliphatic heterocycles. The summed E-state index contributed by atoms with van der Waals surface area (Å²) in [7, 11) is 0. The Morgan fingerprint density at radius 1 is 1.17 bits per heavy atom. The van der Waals surface area contributed by atoms with E-state index in [1.165, 1.54) is 5.56 Å². The van der Waals surface area contributed by atoms with E-state index in [4.69, 9.17) is 0 Å². The SMILES string of the molecule is C=CCc1c(C)c(C)cc(O)c1-c1ccccc1. The van der Waals surface area contributed by atoms with Crippen molar-refractivity contribution in [3.63, 3.8) is 0 Å². The van der Waals surface area contributed by atoms with Gasteiger partial charge >= 0.3 is 0 Å². The van der Waals surface area contributed by atoms with Gasteiger partial charge in [-0.2, -0.15) is 0 Å². The highest BCUT2D eigenvalue weighted by Crippen LogP contribution is 2.36. The van der Waals surface area contributed by atoms with Crippen molar-refractivity contribution in [2.75, 3.05) is 0 Å². The van der Waals surface area contributed by atoms with Crippen LogP contribution in [0.1, 0.15) is 16.7 Å². The number of aromatic hydroxyl groups is 1. The fourth-order valence-electron chi connectivity index (χ4n) is 2.29. The van der Waals surface area contributed by atoms with Gasteiger partial charge in [-0.15, -0.1) is 6.58 Å². The summed E-state index contributed by atoms with van der Waals surface area (Å²) in [6.45, 7) is 7.93. The Hall–Kier alpha value is -2.02. The predicted octanol–water partition coefficient (Wildman–Crippen LogP) is 4.40. The molecule has 1 heteroatoms. The minimum atomic E-state index is 0.348. The topological polar surface area (TPSA) is 20.2 Å². The largest absolute Gasteiger partial charge is 0.507 e. The van der Waals surface area contributed by atoms with Crippen LogP contribution in [0.25, 0.3) is 11.1 Å². The average molecular weight is 238 g/mol. The summed E-state index contributed by atoms with van der Waals surface area (Å²) in [6.07, 6.45) is 2.65. The van der Waals surface area contributed by atoms with Gasteiger partial charge in [0.1, 0.15) is 5.75 Å². The van der Waals surface area contributed by atoms with E-state index in [-0.39, 0.29) is 0 Å². The molecule has 0 amide bonds. The maximum absolute atomic E-state index is 10.2. The summed E-state index contributed by atoms with van der Waals surface area (Å²) in [5, 5.41) is 10.2. The molecule has 0 spiro atoms. The molecule has 0 heterocycles. The average Bonchev–Trinajstić information content (AvgIpc) is 2.37. The summed E-state index contributed by atoms with van der Waals surface area (Å²) in [5.74, 6) is 0.348. The van der Waals surface area contributed by atoms with Crippen molar-refractivity contribution in [3.05, 3.63) is 65.7 Å². The van der Waals surface area contributed by atoms with Crippen LogP contribution in [0, 0.1) is 13.8 Å². The number of hydrogen-bond donors (Lipinski definition) is 1. The number of rotatable bonds is 3. The monoisotopic (exact) mass is 238 g/mol. The number of phenols is 1. The standard InChI is InChI=1S/C17H18O/c1-4-8-15-13(3)12(2)11-16(18)17(15)14-9-6-5-7-10-14/h4-7,9-11,18H,1,8H2,2-3H3. The van der Waals surface area contributed by atoms with Gasteiger partial charge in [-0.1, -0.05) is 36.4 Å². The van der Waals surface area contributed by atoms with Crippen LogP contribution >= 0.6 is 0 Å². The van der Waals surface area contributed by atoms with Crippen LogP contribution in [0.15, 0.2) is 49.1 Å². The van der Waals surface area contributed by atoms with Gasteiger partial charge in [0, 0.05) is 5.56 Å². The second-order valence-corrected chi connectivity index (χ2v) is 4.55. The van der Waals surface area contributed by atoms with Gasteiger partial charge in [0.05, 0.1) is 0 Å². The van der Waals surface area contributed by atoms with Crippen molar-refractivity contribution < 1.29 is 5.11 Å². The fourth-order valence-corrected chi connectivity index (χ4v) is 2.29. The normalized spacial score (nSPS) is 10.3. The molecule has 0 aromatic heterocycles. The van der Waals surface area contributed by atoms with Gasteiger partial charge in [-0.25, -0.2) is 0 Å². The van der Waals surface area contributed by atoms with E-state index in [2.05, 4.69) is 13.5 Å². The predicted molar refractivity (Wildman–Crippen MR) is 76.9 cm³/mol. The highest BCUT2D eigenvalue weighted by molar-refractivity contribution is 5.76. The summed E-state index contributed by atoms with van der Waals surface area (Å²) in [6, 6.07) is 11.8. The van der Waals surface area contributed by atoms with E-state index in [1.807, 2.05) is 49.4 Å². The van der Waals surface area contributed by atoms with Crippen molar-refractivity contribution in [2.45, 2.75) is 20.3 Å². The highest BCUT2D eigenvalue weighted by atomic mass is 16.3. The molecular formula is C17H18O. The number of hydrogen-bond acceptors (Lipinski definition) is 1. The molecule has 0 bridgehead atoms. The van der Waals surface area contributed by atoms with Gasteiger partial charge in [-0.05, 0) is 48.6 Å². The lowest BCUT2D eigenvalue weighted by Gasteiger charge is -2.16. The highest BCUT2D eigenvalue weighted by Gasteiger charge is 2.13. The second-order valence-electron chi connectivity index (χ2n) is 4.55. The summed E-state index contributed by atoms with van der Waals surface area (Å²) in [5.41, 5.74) is 5.48. The third-order valence-electron chi connectivity index (χ3n) is 3.37. The van der Waals surface area contributed by atoms with Crippen LogP contribution in [0.2, 0.25) is 0 Å². The molecular weight excluding hydrogens is 220 g/mol. The van der Waals surface area contributed by atoms with E-state index in [0.717, 1.165) is 28.7 Å². The Balaban J connectivity index is 2.73. The molecule has 0 unspecified atom stereocenters. The third-order valence-corrected chi connectivity index (χ3v) is 3.37. The number of phenolic OH excluding ortho intramolecular Hbond substituents is 1. The summed E-state index contributed by atoms with van der Waals surface area (Å²) >= 11 is 0. The molecule has 0 aliphatic rings. The van der Waals surface area contributed by atoms with Crippen molar-refractivity contribution in [1.82, 2.24) is 0 Å². The Kier molecular flexibility index (Phi) is 3.52. The molecule has 2 aromatic rings. The first kappa shape index (κ1) is 12.4. The Morgan fingerprint density at radius 2 is 1.83 bits per heavy atom. The molecule has 2 rings (SSSR count). The Bertz CT molecular complexity index is 568. The van der Waals surface area contributed by atoms with E-state index in [0.29, 0.717) is 5.75 Å². The molecule has 2 aromatic carbocycles. The quantitative estimate of drug-likeness (QED) is 0.785. The van der Waals surface area contributed by atoms with Crippen LogP contribution in [-0.4, -0.2) is 5.11 Å². The minimum Gasteiger partial charge on any atom is -0.507 e. The van der Waals surface area contributed by atoms with Crippen LogP contribution in [0.4, 0.5) is 0 Å². The molecule has 0 aliphatic carbocycles. The van der Waals surface area contributed by atoms with Gasteiger partial charge in [0.15, 0.2) is 0 Å². The van der Waals surface area contributed by atoms with Crippen molar-refractivity contribution in [2.24, 2.45) is 0 Å². The van der Waals surface area contributed by atoms with Gasteiger partial charge < -0.3 is 5.11 Å². The minimum absolute atomic E-state index is 0.348. The first-order chi connectivity index (χ1) is 8.65. The van der Waals surface area contributed by atoms with E-state index in [9.17, 15) is 5.11 Å². The third kappa shape index (κ3) is 2.17. The van der Waals surface area contributed by atoms with Gasteiger partial charge in [-0.3, -0.25) is 0 Å². The van der Waals surface area contributed by atoms with Crippen molar-refractivity contribution in [1.29, 1.82) is 0 Å². The number of benzene rings is 2.